The van der Waals surface area contributed by atoms with Crippen molar-refractivity contribution in [3.05, 3.63) is 47.8 Å². The Bertz CT molecular complexity index is 610. The van der Waals surface area contributed by atoms with Gasteiger partial charge in [0.05, 0.1) is 12.8 Å². The minimum atomic E-state index is -0.425. The Morgan fingerprint density at radius 2 is 2.04 bits per heavy atom. The monoisotopic (exact) mass is 318 g/mol. The molecule has 0 aliphatic carbocycles. The molecule has 1 aromatic carbocycles. The van der Waals surface area contributed by atoms with E-state index >= 15 is 0 Å². The van der Waals surface area contributed by atoms with Gasteiger partial charge in [-0.05, 0) is 18.9 Å². The molecule has 0 bridgehead atoms. The van der Waals surface area contributed by atoms with Crippen LogP contribution in [0.15, 0.2) is 36.5 Å². The predicted molar refractivity (Wildman–Crippen MR) is 85.5 cm³/mol. The third-order valence-electron chi connectivity index (χ3n) is 3.23. The lowest BCUT2D eigenvalue weighted by molar-refractivity contribution is 0.0505. The van der Waals surface area contributed by atoms with Gasteiger partial charge in [0.25, 0.3) is 0 Å². The van der Waals surface area contributed by atoms with Crippen LogP contribution in [0.4, 0.5) is 0 Å². The number of ether oxygens (including phenoxy) is 3. The number of aromatic nitrogens is 2. The van der Waals surface area contributed by atoms with E-state index < -0.39 is 5.97 Å². The zero-order valence-electron chi connectivity index (χ0n) is 13.5. The molecule has 6 nitrogen and oxygen atoms in total. The van der Waals surface area contributed by atoms with Gasteiger partial charge in [0.2, 0.25) is 0 Å². The van der Waals surface area contributed by atoms with Gasteiger partial charge in [-0.25, -0.2) is 4.79 Å². The summed E-state index contributed by atoms with van der Waals surface area (Å²) in [5.41, 5.74) is 1.37. The standard InChI is InChI=1S/C17H22N2O4/c1-3-22-17(20)16-15(12-18-19(16)10-7-11-21-2)23-13-14-8-5-4-6-9-14/h4-6,8-9,12H,3,7,10-11,13H2,1-2H3. The highest BCUT2D eigenvalue weighted by Crippen LogP contribution is 2.21. The molecule has 2 aromatic rings. The van der Waals surface area contributed by atoms with Crippen molar-refractivity contribution in [2.75, 3.05) is 20.3 Å². The SMILES string of the molecule is CCOC(=O)c1c(OCc2ccccc2)cnn1CCCOC. The maximum atomic E-state index is 12.2. The van der Waals surface area contributed by atoms with Gasteiger partial charge in [-0.1, -0.05) is 30.3 Å². The molecule has 0 aliphatic heterocycles. The fraction of sp³-hybridized carbons (Fsp3) is 0.412. The van der Waals surface area contributed by atoms with Crippen LogP contribution in [0, 0.1) is 0 Å². The van der Waals surface area contributed by atoms with Gasteiger partial charge in [0.1, 0.15) is 6.61 Å². The number of hydrogen-bond donors (Lipinski definition) is 0. The number of rotatable bonds is 9. The maximum absolute atomic E-state index is 12.2. The van der Waals surface area contributed by atoms with Crippen LogP contribution in [0.2, 0.25) is 0 Å². The molecule has 23 heavy (non-hydrogen) atoms. The molecular weight excluding hydrogens is 296 g/mol. The molecule has 124 valence electrons. The minimum Gasteiger partial charge on any atom is -0.485 e. The fourth-order valence-corrected chi connectivity index (χ4v) is 2.14. The summed E-state index contributed by atoms with van der Waals surface area (Å²) in [5, 5.41) is 4.24. The molecule has 0 spiro atoms. The van der Waals surface area contributed by atoms with Crippen LogP contribution in [0.25, 0.3) is 0 Å². The van der Waals surface area contributed by atoms with Crippen LogP contribution >= 0.6 is 0 Å². The molecule has 0 atom stereocenters. The number of aryl methyl sites for hydroxylation is 1. The van der Waals surface area contributed by atoms with E-state index in [4.69, 9.17) is 14.2 Å². The van der Waals surface area contributed by atoms with E-state index in [2.05, 4.69) is 5.10 Å². The molecule has 0 saturated heterocycles. The largest absolute Gasteiger partial charge is 0.485 e. The fourth-order valence-electron chi connectivity index (χ4n) is 2.14. The summed E-state index contributed by atoms with van der Waals surface area (Å²) in [6.07, 6.45) is 2.31. The molecule has 1 heterocycles. The molecule has 0 unspecified atom stereocenters. The van der Waals surface area contributed by atoms with Crippen molar-refractivity contribution in [3.8, 4) is 5.75 Å². The molecule has 0 fully saturated rings. The van der Waals surface area contributed by atoms with Crippen LogP contribution in [0.5, 0.6) is 5.75 Å². The van der Waals surface area contributed by atoms with Gasteiger partial charge < -0.3 is 14.2 Å². The lowest BCUT2D eigenvalue weighted by atomic mass is 10.2. The Hall–Kier alpha value is -2.34. The molecule has 2 rings (SSSR count). The minimum absolute atomic E-state index is 0.306. The van der Waals surface area contributed by atoms with Gasteiger partial charge in [-0.3, -0.25) is 4.68 Å². The number of hydrogen-bond acceptors (Lipinski definition) is 5. The van der Waals surface area contributed by atoms with Crippen LogP contribution in [0.3, 0.4) is 0 Å². The average molecular weight is 318 g/mol. The van der Waals surface area contributed by atoms with Crippen LogP contribution in [-0.4, -0.2) is 36.1 Å². The van der Waals surface area contributed by atoms with E-state index in [0.29, 0.717) is 37.8 Å². The second kappa shape index (κ2) is 8.95. The Morgan fingerprint density at radius 3 is 2.74 bits per heavy atom. The zero-order chi connectivity index (χ0) is 16.5. The van der Waals surface area contributed by atoms with Crippen molar-refractivity contribution in [2.45, 2.75) is 26.5 Å². The van der Waals surface area contributed by atoms with Gasteiger partial charge in [0, 0.05) is 20.3 Å². The van der Waals surface area contributed by atoms with Crippen molar-refractivity contribution >= 4 is 5.97 Å². The van der Waals surface area contributed by atoms with Crippen molar-refractivity contribution in [1.29, 1.82) is 0 Å². The molecule has 0 N–H and O–H groups in total. The van der Waals surface area contributed by atoms with Crippen LogP contribution in [-0.2, 0) is 22.6 Å². The summed E-state index contributed by atoms with van der Waals surface area (Å²) >= 11 is 0. The highest BCUT2D eigenvalue weighted by atomic mass is 16.5. The van der Waals surface area contributed by atoms with E-state index in [9.17, 15) is 4.79 Å². The Kier molecular flexibility index (Phi) is 6.62. The number of benzene rings is 1. The highest BCUT2D eigenvalue weighted by Gasteiger charge is 2.21. The van der Waals surface area contributed by atoms with Crippen LogP contribution in [0.1, 0.15) is 29.4 Å². The average Bonchev–Trinajstić information content (AvgIpc) is 2.97. The summed E-state index contributed by atoms with van der Waals surface area (Å²) in [6.45, 7) is 3.62. The Labute approximate surface area is 136 Å². The Balaban J connectivity index is 2.12. The molecule has 1 aromatic heterocycles. The molecule has 0 saturated carbocycles. The summed E-state index contributed by atoms with van der Waals surface area (Å²) in [7, 11) is 1.64. The summed E-state index contributed by atoms with van der Waals surface area (Å²) in [6, 6.07) is 9.76. The maximum Gasteiger partial charge on any atom is 0.360 e. The summed E-state index contributed by atoms with van der Waals surface area (Å²) in [4.78, 5) is 12.2. The number of methoxy groups -OCH3 is 1. The van der Waals surface area contributed by atoms with E-state index in [1.54, 1.807) is 24.9 Å². The molecule has 6 heteroatoms. The normalized spacial score (nSPS) is 10.5. The molecule has 0 amide bonds. The second-order valence-electron chi connectivity index (χ2n) is 4.92. The number of esters is 1. The number of nitrogens with zero attached hydrogens (tertiary/aromatic N) is 2. The van der Waals surface area contributed by atoms with Crippen molar-refractivity contribution in [1.82, 2.24) is 9.78 Å². The zero-order valence-corrected chi connectivity index (χ0v) is 13.5. The molecular formula is C17H22N2O4. The van der Waals surface area contributed by atoms with Crippen LogP contribution < -0.4 is 4.74 Å². The Morgan fingerprint density at radius 1 is 1.26 bits per heavy atom. The van der Waals surface area contributed by atoms with Gasteiger partial charge in [-0.2, -0.15) is 5.10 Å². The predicted octanol–water partition coefficient (Wildman–Crippen LogP) is 2.68. The van der Waals surface area contributed by atoms with E-state index in [-0.39, 0.29) is 0 Å². The quantitative estimate of drug-likeness (QED) is 0.525. The van der Waals surface area contributed by atoms with Crippen molar-refractivity contribution in [2.24, 2.45) is 0 Å². The number of carbonyl (C=O) groups excluding carboxylic acids is 1. The topological polar surface area (TPSA) is 62.6 Å². The first kappa shape index (κ1) is 17.0. The van der Waals surface area contributed by atoms with Gasteiger partial charge in [-0.15, -0.1) is 0 Å². The third kappa shape index (κ3) is 4.82. The van der Waals surface area contributed by atoms with E-state index in [1.165, 1.54) is 0 Å². The van der Waals surface area contributed by atoms with Crippen molar-refractivity contribution in [3.63, 3.8) is 0 Å². The van der Waals surface area contributed by atoms with Crippen molar-refractivity contribution < 1.29 is 19.0 Å². The van der Waals surface area contributed by atoms with E-state index in [0.717, 1.165) is 12.0 Å². The molecule has 0 aliphatic rings. The summed E-state index contributed by atoms with van der Waals surface area (Å²) < 4.78 is 17.5. The first-order chi connectivity index (χ1) is 11.3. The number of carbonyl (C=O) groups is 1. The third-order valence-corrected chi connectivity index (χ3v) is 3.23. The second-order valence-corrected chi connectivity index (χ2v) is 4.92. The van der Waals surface area contributed by atoms with Gasteiger partial charge >= 0.3 is 5.97 Å². The lowest BCUT2D eigenvalue weighted by Gasteiger charge is -2.10. The highest BCUT2D eigenvalue weighted by molar-refractivity contribution is 5.90. The van der Waals surface area contributed by atoms with Gasteiger partial charge in [0.15, 0.2) is 11.4 Å². The van der Waals surface area contributed by atoms with E-state index in [1.807, 2.05) is 30.3 Å². The first-order valence-electron chi connectivity index (χ1n) is 7.64. The first-order valence-corrected chi connectivity index (χ1v) is 7.64. The molecule has 0 radical (unpaired) electrons. The smallest absolute Gasteiger partial charge is 0.360 e. The lowest BCUT2D eigenvalue weighted by Crippen LogP contribution is -2.15. The summed E-state index contributed by atoms with van der Waals surface area (Å²) in [5.74, 6) is 0.00944.